The van der Waals surface area contributed by atoms with Gasteiger partial charge in [0.15, 0.2) is 0 Å². The van der Waals surface area contributed by atoms with Crippen LogP contribution < -0.4 is 10.6 Å². The fourth-order valence-corrected chi connectivity index (χ4v) is 4.11. The molecular formula is C20H28F3N5O2. The maximum absolute atomic E-state index is 13.1. The number of halogens is 3. The van der Waals surface area contributed by atoms with Gasteiger partial charge in [-0.2, -0.15) is 13.2 Å². The third-order valence-electron chi connectivity index (χ3n) is 6.00. The van der Waals surface area contributed by atoms with Gasteiger partial charge in [0.05, 0.1) is 5.56 Å². The standard InChI is InChI=1S/C20H28F3N5O2/c1-13(2)27-9-10-28(16(12-27)18(24)29)19(30)14-5-7-26(8-6-14)17-4-3-15(11-25-17)20(21,22)23/h3-4,11,13-14,16H,5-10,12H2,1-2H3,(H2,24,29)/t16-/m1/s1. The van der Waals surface area contributed by atoms with E-state index in [0.29, 0.717) is 51.4 Å². The summed E-state index contributed by atoms with van der Waals surface area (Å²) in [5.41, 5.74) is 4.79. The van der Waals surface area contributed by atoms with Crippen molar-refractivity contribution < 1.29 is 22.8 Å². The van der Waals surface area contributed by atoms with E-state index < -0.39 is 23.7 Å². The molecule has 2 amide bonds. The van der Waals surface area contributed by atoms with E-state index in [-0.39, 0.29) is 17.9 Å². The summed E-state index contributed by atoms with van der Waals surface area (Å²) in [4.78, 5) is 34.6. The number of carbonyl (C=O) groups excluding carboxylic acids is 2. The average Bonchev–Trinajstić information content (AvgIpc) is 2.72. The SMILES string of the molecule is CC(C)N1CCN(C(=O)C2CCN(c3ccc(C(F)(F)F)cn3)CC2)[C@@H](C(N)=O)C1. The molecule has 2 fully saturated rings. The fraction of sp³-hybridized carbons (Fsp3) is 0.650. The monoisotopic (exact) mass is 427 g/mol. The summed E-state index contributed by atoms with van der Waals surface area (Å²) in [5.74, 6) is -0.333. The van der Waals surface area contributed by atoms with Gasteiger partial charge in [0, 0.05) is 50.9 Å². The molecule has 2 saturated heterocycles. The van der Waals surface area contributed by atoms with Gasteiger partial charge in [-0.3, -0.25) is 14.5 Å². The van der Waals surface area contributed by atoms with E-state index >= 15 is 0 Å². The fourth-order valence-electron chi connectivity index (χ4n) is 4.11. The lowest BCUT2D eigenvalue weighted by atomic mass is 9.93. The number of primary amides is 1. The van der Waals surface area contributed by atoms with Crippen molar-refractivity contribution >= 4 is 17.6 Å². The Morgan fingerprint density at radius 3 is 2.30 bits per heavy atom. The van der Waals surface area contributed by atoms with E-state index in [1.54, 1.807) is 4.90 Å². The van der Waals surface area contributed by atoms with E-state index in [2.05, 4.69) is 9.88 Å². The smallest absolute Gasteiger partial charge is 0.368 e. The van der Waals surface area contributed by atoms with Crippen LogP contribution >= 0.6 is 0 Å². The molecule has 30 heavy (non-hydrogen) atoms. The highest BCUT2D eigenvalue weighted by Crippen LogP contribution is 2.30. The van der Waals surface area contributed by atoms with Gasteiger partial charge >= 0.3 is 6.18 Å². The van der Waals surface area contributed by atoms with Crippen molar-refractivity contribution in [2.45, 2.75) is 44.9 Å². The molecule has 2 aliphatic heterocycles. The molecule has 2 aliphatic rings. The van der Waals surface area contributed by atoms with Crippen molar-refractivity contribution in [3.63, 3.8) is 0 Å². The lowest BCUT2D eigenvalue weighted by Gasteiger charge is -2.43. The summed E-state index contributed by atoms with van der Waals surface area (Å²) in [6, 6.07) is 2.01. The van der Waals surface area contributed by atoms with E-state index in [1.807, 2.05) is 18.7 Å². The van der Waals surface area contributed by atoms with E-state index in [4.69, 9.17) is 5.73 Å². The Labute approximate surface area is 174 Å². The van der Waals surface area contributed by atoms with Crippen LogP contribution in [0.15, 0.2) is 18.3 Å². The summed E-state index contributed by atoms with van der Waals surface area (Å²) in [6.07, 6.45) is -2.48. The molecule has 0 aromatic carbocycles. The van der Waals surface area contributed by atoms with Gasteiger partial charge in [-0.15, -0.1) is 0 Å². The normalized spacial score (nSPS) is 21.9. The predicted octanol–water partition coefficient (Wildman–Crippen LogP) is 1.72. The van der Waals surface area contributed by atoms with E-state index in [9.17, 15) is 22.8 Å². The average molecular weight is 427 g/mol. The topological polar surface area (TPSA) is 82.8 Å². The number of rotatable bonds is 4. The first kappa shape index (κ1) is 22.3. The van der Waals surface area contributed by atoms with Crippen LogP contribution in [0, 0.1) is 5.92 Å². The molecule has 0 radical (unpaired) electrons. The second-order valence-electron chi connectivity index (χ2n) is 8.20. The molecule has 0 spiro atoms. The number of alkyl halides is 3. The molecule has 0 bridgehead atoms. The first-order valence-corrected chi connectivity index (χ1v) is 10.2. The summed E-state index contributed by atoms with van der Waals surface area (Å²) >= 11 is 0. The molecule has 0 saturated carbocycles. The number of hydrogen-bond acceptors (Lipinski definition) is 5. The van der Waals surface area contributed by atoms with Crippen molar-refractivity contribution in [3.05, 3.63) is 23.9 Å². The van der Waals surface area contributed by atoms with E-state index in [0.717, 1.165) is 12.3 Å². The summed E-state index contributed by atoms with van der Waals surface area (Å²) in [6.45, 7) is 6.71. The molecule has 10 heteroatoms. The zero-order valence-corrected chi connectivity index (χ0v) is 17.2. The highest BCUT2D eigenvalue weighted by molar-refractivity contribution is 5.88. The predicted molar refractivity (Wildman–Crippen MR) is 106 cm³/mol. The quantitative estimate of drug-likeness (QED) is 0.791. The van der Waals surface area contributed by atoms with Crippen molar-refractivity contribution in [2.24, 2.45) is 11.7 Å². The van der Waals surface area contributed by atoms with Crippen LogP contribution in [0.25, 0.3) is 0 Å². The van der Waals surface area contributed by atoms with Gasteiger partial charge in [-0.25, -0.2) is 4.98 Å². The number of pyridine rings is 1. The Kier molecular flexibility index (Phi) is 6.54. The number of carbonyl (C=O) groups is 2. The van der Waals surface area contributed by atoms with Crippen molar-refractivity contribution in [3.8, 4) is 0 Å². The van der Waals surface area contributed by atoms with Crippen molar-refractivity contribution in [1.29, 1.82) is 0 Å². The molecule has 1 aromatic heterocycles. The Balaban J connectivity index is 1.60. The molecule has 3 heterocycles. The second-order valence-corrected chi connectivity index (χ2v) is 8.20. The van der Waals surface area contributed by atoms with Crippen LogP contribution in [0.1, 0.15) is 32.3 Å². The minimum absolute atomic E-state index is 0.0674. The molecule has 0 unspecified atom stereocenters. The first-order valence-electron chi connectivity index (χ1n) is 10.2. The Morgan fingerprint density at radius 2 is 1.80 bits per heavy atom. The number of amides is 2. The van der Waals surface area contributed by atoms with Crippen LogP contribution in [0.5, 0.6) is 0 Å². The van der Waals surface area contributed by atoms with Gasteiger partial charge in [0.25, 0.3) is 0 Å². The molecule has 166 valence electrons. The van der Waals surface area contributed by atoms with Gasteiger partial charge in [-0.05, 0) is 38.8 Å². The number of piperidine rings is 1. The van der Waals surface area contributed by atoms with Crippen molar-refractivity contribution in [1.82, 2.24) is 14.8 Å². The van der Waals surface area contributed by atoms with Crippen LogP contribution in [0.3, 0.4) is 0 Å². The maximum atomic E-state index is 13.1. The molecule has 2 N–H and O–H groups in total. The number of anilines is 1. The van der Waals surface area contributed by atoms with Crippen LogP contribution in [-0.4, -0.2) is 71.4 Å². The molecule has 0 aliphatic carbocycles. The number of aromatic nitrogens is 1. The third-order valence-corrected chi connectivity index (χ3v) is 6.00. The molecule has 3 rings (SSSR count). The number of piperazine rings is 1. The zero-order chi connectivity index (χ0) is 22.1. The second kappa shape index (κ2) is 8.79. The van der Waals surface area contributed by atoms with Crippen molar-refractivity contribution in [2.75, 3.05) is 37.6 Å². The number of nitrogens with two attached hydrogens (primary N) is 1. The minimum Gasteiger partial charge on any atom is -0.368 e. The summed E-state index contributed by atoms with van der Waals surface area (Å²) in [5, 5.41) is 0. The Hall–Kier alpha value is -2.36. The summed E-state index contributed by atoms with van der Waals surface area (Å²) < 4.78 is 38.1. The van der Waals surface area contributed by atoms with Crippen LogP contribution in [0.2, 0.25) is 0 Å². The highest BCUT2D eigenvalue weighted by atomic mass is 19.4. The minimum atomic E-state index is -4.42. The lowest BCUT2D eigenvalue weighted by Crippen LogP contribution is -2.62. The van der Waals surface area contributed by atoms with Gasteiger partial charge in [-0.1, -0.05) is 0 Å². The molecular weight excluding hydrogens is 399 g/mol. The summed E-state index contributed by atoms with van der Waals surface area (Å²) in [7, 11) is 0. The van der Waals surface area contributed by atoms with E-state index in [1.165, 1.54) is 6.07 Å². The zero-order valence-electron chi connectivity index (χ0n) is 17.2. The Bertz CT molecular complexity index is 761. The molecule has 1 aromatic rings. The lowest BCUT2D eigenvalue weighted by molar-refractivity contribution is -0.147. The number of nitrogens with zero attached hydrogens (tertiary/aromatic N) is 4. The largest absolute Gasteiger partial charge is 0.417 e. The van der Waals surface area contributed by atoms with Gasteiger partial charge in [0.2, 0.25) is 11.8 Å². The van der Waals surface area contributed by atoms with Crippen LogP contribution in [-0.2, 0) is 15.8 Å². The Morgan fingerprint density at radius 1 is 1.13 bits per heavy atom. The van der Waals surface area contributed by atoms with Gasteiger partial charge in [0.1, 0.15) is 11.9 Å². The first-order chi connectivity index (χ1) is 14.1. The number of hydrogen-bond donors (Lipinski definition) is 1. The third kappa shape index (κ3) is 4.85. The molecule has 1 atom stereocenters. The van der Waals surface area contributed by atoms with Gasteiger partial charge < -0.3 is 15.5 Å². The highest BCUT2D eigenvalue weighted by Gasteiger charge is 2.38. The maximum Gasteiger partial charge on any atom is 0.417 e. The molecule has 7 nitrogen and oxygen atoms in total. The van der Waals surface area contributed by atoms with Crippen LogP contribution in [0.4, 0.5) is 19.0 Å².